The Morgan fingerprint density at radius 2 is 2.17 bits per heavy atom. The smallest absolute Gasteiger partial charge is 0.120 e. The van der Waals surface area contributed by atoms with E-state index in [1.54, 1.807) is 4.68 Å². The SMILES string of the molecule is CN(CCOc1c[c]cc(-c2cnn(C)c2)c1)C1CCNCC1. The van der Waals surface area contributed by atoms with Gasteiger partial charge in [0.05, 0.1) is 6.20 Å². The van der Waals surface area contributed by atoms with Crippen LogP contribution in [0.3, 0.4) is 0 Å². The molecule has 1 fully saturated rings. The lowest BCUT2D eigenvalue weighted by Gasteiger charge is -2.31. The van der Waals surface area contributed by atoms with E-state index in [2.05, 4.69) is 34.5 Å². The molecule has 1 saturated heterocycles. The average molecular weight is 313 g/mol. The van der Waals surface area contributed by atoms with Crippen LogP contribution in [0.5, 0.6) is 5.75 Å². The first-order chi connectivity index (χ1) is 11.2. The first-order valence-electron chi connectivity index (χ1n) is 8.26. The Bertz CT molecular complexity index is 619. The zero-order valence-corrected chi connectivity index (χ0v) is 14.0. The van der Waals surface area contributed by atoms with Crippen molar-refractivity contribution in [1.29, 1.82) is 0 Å². The maximum Gasteiger partial charge on any atom is 0.120 e. The van der Waals surface area contributed by atoms with Crippen LogP contribution < -0.4 is 10.1 Å². The van der Waals surface area contributed by atoms with E-state index in [-0.39, 0.29) is 0 Å². The number of likely N-dealkylation sites (N-methyl/N-ethyl adjacent to an activating group) is 1. The highest BCUT2D eigenvalue weighted by Crippen LogP contribution is 2.23. The Morgan fingerprint density at radius 1 is 1.35 bits per heavy atom. The molecule has 3 rings (SSSR count). The number of hydrogen-bond acceptors (Lipinski definition) is 4. The number of nitrogens with zero attached hydrogens (tertiary/aromatic N) is 3. The van der Waals surface area contributed by atoms with Gasteiger partial charge in [0.1, 0.15) is 12.4 Å². The van der Waals surface area contributed by atoms with E-state index in [4.69, 9.17) is 4.74 Å². The predicted molar refractivity (Wildman–Crippen MR) is 91.5 cm³/mol. The Hall–Kier alpha value is -1.85. The molecule has 2 heterocycles. The highest BCUT2D eigenvalue weighted by molar-refractivity contribution is 5.63. The number of aryl methyl sites for hydroxylation is 1. The van der Waals surface area contributed by atoms with E-state index in [9.17, 15) is 0 Å². The molecule has 1 aliphatic rings. The van der Waals surface area contributed by atoms with Crippen LogP contribution in [0.15, 0.2) is 30.6 Å². The van der Waals surface area contributed by atoms with Crippen LogP contribution in [0.25, 0.3) is 11.1 Å². The number of rotatable bonds is 6. The molecule has 1 radical (unpaired) electrons. The van der Waals surface area contributed by atoms with Crippen molar-refractivity contribution < 1.29 is 4.74 Å². The molecule has 5 heteroatoms. The summed E-state index contributed by atoms with van der Waals surface area (Å²) in [5.74, 6) is 0.866. The second-order valence-corrected chi connectivity index (χ2v) is 6.17. The zero-order chi connectivity index (χ0) is 16.1. The van der Waals surface area contributed by atoms with E-state index in [1.165, 1.54) is 12.8 Å². The Kier molecular flexibility index (Phi) is 5.31. The lowest BCUT2D eigenvalue weighted by atomic mass is 10.1. The summed E-state index contributed by atoms with van der Waals surface area (Å²) in [5.41, 5.74) is 2.17. The monoisotopic (exact) mass is 313 g/mol. The van der Waals surface area contributed by atoms with E-state index < -0.39 is 0 Å². The van der Waals surface area contributed by atoms with Crippen LogP contribution >= 0.6 is 0 Å². The number of aromatic nitrogens is 2. The van der Waals surface area contributed by atoms with Gasteiger partial charge in [-0.1, -0.05) is 0 Å². The second kappa shape index (κ2) is 7.62. The van der Waals surface area contributed by atoms with Crippen molar-refractivity contribution in [3.63, 3.8) is 0 Å². The average Bonchev–Trinajstić information content (AvgIpc) is 3.02. The second-order valence-electron chi connectivity index (χ2n) is 6.17. The van der Waals surface area contributed by atoms with E-state index in [1.807, 2.05) is 31.6 Å². The maximum absolute atomic E-state index is 5.92. The molecule has 0 saturated carbocycles. The van der Waals surface area contributed by atoms with Gasteiger partial charge in [0, 0.05) is 31.4 Å². The minimum Gasteiger partial charge on any atom is -0.492 e. The largest absolute Gasteiger partial charge is 0.492 e. The topological polar surface area (TPSA) is 42.3 Å². The third-order valence-electron chi connectivity index (χ3n) is 4.45. The molecule has 2 aromatic rings. The molecule has 0 atom stereocenters. The van der Waals surface area contributed by atoms with E-state index in [0.717, 1.165) is 36.5 Å². The first kappa shape index (κ1) is 16.0. The van der Waals surface area contributed by atoms with Gasteiger partial charge in [-0.25, -0.2) is 0 Å². The molecule has 0 aliphatic carbocycles. The molecule has 1 aliphatic heterocycles. The molecule has 5 nitrogen and oxygen atoms in total. The maximum atomic E-state index is 5.92. The van der Waals surface area contributed by atoms with Gasteiger partial charge in [-0.05, 0) is 62.8 Å². The molecular weight excluding hydrogens is 288 g/mol. The van der Waals surface area contributed by atoms with Gasteiger partial charge in [-0.3, -0.25) is 9.58 Å². The Morgan fingerprint density at radius 3 is 2.91 bits per heavy atom. The van der Waals surface area contributed by atoms with Gasteiger partial charge in [0.15, 0.2) is 0 Å². The van der Waals surface area contributed by atoms with Gasteiger partial charge in [-0.2, -0.15) is 5.10 Å². The molecule has 1 aromatic heterocycles. The molecule has 0 unspecified atom stereocenters. The molecule has 1 N–H and O–H groups in total. The number of ether oxygens (including phenoxy) is 1. The number of hydrogen-bond donors (Lipinski definition) is 1. The summed E-state index contributed by atoms with van der Waals surface area (Å²) in [6.45, 7) is 3.89. The summed E-state index contributed by atoms with van der Waals surface area (Å²) in [5, 5.41) is 7.62. The number of nitrogens with one attached hydrogen (secondary N) is 1. The summed E-state index contributed by atoms with van der Waals surface area (Å²) < 4.78 is 7.72. The van der Waals surface area contributed by atoms with E-state index >= 15 is 0 Å². The van der Waals surface area contributed by atoms with Crippen molar-refractivity contribution in [2.75, 3.05) is 33.3 Å². The molecular formula is C18H25N4O. The van der Waals surface area contributed by atoms with Crippen molar-refractivity contribution >= 4 is 0 Å². The van der Waals surface area contributed by atoms with E-state index in [0.29, 0.717) is 12.6 Å². The Labute approximate surface area is 138 Å². The van der Waals surface area contributed by atoms with Gasteiger partial charge < -0.3 is 10.1 Å². The lowest BCUT2D eigenvalue weighted by molar-refractivity contribution is 0.165. The normalized spacial score (nSPS) is 16.0. The Balaban J connectivity index is 1.52. The quantitative estimate of drug-likeness (QED) is 0.885. The predicted octanol–water partition coefficient (Wildman–Crippen LogP) is 1.95. The molecule has 1 aromatic carbocycles. The summed E-state index contributed by atoms with van der Waals surface area (Å²) in [7, 11) is 4.11. The summed E-state index contributed by atoms with van der Waals surface area (Å²) in [6.07, 6.45) is 6.30. The van der Waals surface area contributed by atoms with Crippen molar-refractivity contribution in [3.8, 4) is 16.9 Å². The fourth-order valence-corrected chi connectivity index (χ4v) is 3.01. The molecule has 123 valence electrons. The number of benzene rings is 1. The van der Waals surface area contributed by atoms with Crippen molar-refractivity contribution in [2.45, 2.75) is 18.9 Å². The van der Waals surface area contributed by atoms with Crippen LogP contribution in [0.2, 0.25) is 0 Å². The third-order valence-corrected chi connectivity index (χ3v) is 4.45. The molecule has 0 bridgehead atoms. The summed E-state index contributed by atoms with van der Waals surface area (Å²) >= 11 is 0. The van der Waals surface area contributed by atoms with Crippen LogP contribution in [-0.2, 0) is 7.05 Å². The van der Waals surface area contributed by atoms with Gasteiger partial charge in [0.25, 0.3) is 0 Å². The van der Waals surface area contributed by atoms with Crippen LogP contribution in [0.4, 0.5) is 0 Å². The van der Waals surface area contributed by atoms with Gasteiger partial charge in [-0.15, -0.1) is 0 Å². The van der Waals surface area contributed by atoms with Crippen LogP contribution in [0.1, 0.15) is 12.8 Å². The first-order valence-corrected chi connectivity index (χ1v) is 8.26. The fraction of sp³-hybridized carbons (Fsp3) is 0.500. The third kappa shape index (κ3) is 4.33. The van der Waals surface area contributed by atoms with Gasteiger partial charge >= 0.3 is 0 Å². The summed E-state index contributed by atoms with van der Waals surface area (Å²) in [6, 6.07) is 9.74. The minimum atomic E-state index is 0.674. The number of piperidine rings is 1. The molecule has 0 amide bonds. The highest BCUT2D eigenvalue weighted by Gasteiger charge is 2.17. The van der Waals surface area contributed by atoms with Crippen LogP contribution in [-0.4, -0.2) is 54.0 Å². The summed E-state index contributed by atoms with van der Waals surface area (Å²) in [4.78, 5) is 2.41. The standard InChI is InChI=1S/C18H25N4O/c1-21(17-6-8-19-9-7-17)10-11-23-18-5-3-4-15(12-18)16-13-20-22(2)14-16/h4-5,12-14,17,19H,6-11H2,1-2H3. The van der Waals surface area contributed by atoms with Crippen molar-refractivity contribution in [1.82, 2.24) is 20.0 Å². The van der Waals surface area contributed by atoms with Gasteiger partial charge in [0.2, 0.25) is 0 Å². The lowest BCUT2D eigenvalue weighted by Crippen LogP contribution is -2.42. The molecule has 0 spiro atoms. The van der Waals surface area contributed by atoms with Crippen molar-refractivity contribution in [2.24, 2.45) is 7.05 Å². The molecule has 23 heavy (non-hydrogen) atoms. The van der Waals surface area contributed by atoms with Crippen molar-refractivity contribution in [3.05, 3.63) is 36.7 Å². The van der Waals surface area contributed by atoms with Crippen LogP contribution in [0, 0.1) is 6.07 Å². The fourth-order valence-electron chi connectivity index (χ4n) is 3.01. The zero-order valence-electron chi connectivity index (χ0n) is 14.0. The highest BCUT2D eigenvalue weighted by atomic mass is 16.5. The minimum absolute atomic E-state index is 0.674.